The maximum Gasteiger partial charge on any atom is 0.220 e. The van der Waals surface area contributed by atoms with E-state index in [1.807, 2.05) is 13.8 Å². The van der Waals surface area contributed by atoms with Crippen LogP contribution in [0.25, 0.3) is 0 Å². The average molecular weight is 193 g/mol. The van der Waals surface area contributed by atoms with E-state index in [1.165, 1.54) is 7.11 Å². The van der Waals surface area contributed by atoms with Gasteiger partial charge >= 0.3 is 0 Å². The van der Waals surface area contributed by atoms with Gasteiger partial charge in [0, 0.05) is 5.69 Å². The summed E-state index contributed by atoms with van der Waals surface area (Å²) in [5, 5.41) is 0. The fourth-order valence-corrected chi connectivity index (χ4v) is 1.31. The highest BCUT2D eigenvalue weighted by Gasteiger charge is 2.05. The van der Waals surface area contributed by atoms with Gasteiger partial charge in [0.25, 0.3) is 0 Å². The number of rotatable bonds is 2. The van der Waals surface area contributed by atoms with E-state index in [-0.39, 0.29) is 11.3 Å². The Morgan fingerprint density at radius 2 is 2.00 bits per heavy atom. The van der Waals surface area contributed by atoms with E-state index in [2.05, 4.69) is 0 Å². The minimum absolute atomic E-state index is 0.132. The number of methoxy groups -OCH3 is 1. The zero-order valence-electron chi connectivity index (χ0n) is 8.70. The molecule has 1 aromatic carbocycles. The largest absolute Gasteiger partial charge is 0.493 e. The Bertz CT molecular complexity index is 386. The Morgan fingerprint density at radius 3 is 2.50 bits per heavy atom. The number of hydrogen-bond acceptors (Lipinski definition) is 3. The second kappa shape index (κ2) is 4.13. The molecule has 14 heavy (non-hydrogen) atoms. The summed E-state index contributed by atoms with van der Waals surface area (Å²) in [6.07, 6.45) is 0. The second-order valence-electron chi connectivity index (χ2n) is 3.48. The molecule has 0 bridgehead atoms. The predicted molar refractivity (Wildman–Crippen MR) is 57.8 cm³/mol. The first-order valence-corrected chi connectivity index (χ1v) is 4.54. The summed E-state index contributed by atoms with van der Waals surface area (Å²) in [5.41, 5.74) is 7.15. The highest BCUT2D eigenvalue weighted by atomic mass is 16.5. The molecule has 3 heteroatoms. The monoisotopic (exact) mass is 193 g/mol. The van der Waals surface area contributed by atoms with Crippen LogP contribution in [0.3, 0.4) is 0 Å². The Kier molecular flexibility index (Phi) is 3.12. The molecule has 2 N–H and O–H groups in total. The fourth-order valence-electron chi connectivity index (χ4n) is 1.31. The summed E-state index contributed by atoms with van der Waals surface area (Å²) in [4.78, 5) is 11.5. The van der Waals surface area contributed by atoms with E-state index in [4.69, 9.17) is 10.5 Å². The van der Waals surface area contributed by atoms with Crippen molar-refractivity contribution in [2.24, 2.45) is 0 Å². The highest BCUT2D eigenvalue weighted by molar-refractivity contribution is 5.49. The predicted octanol–water partition coefficient (Wildman–Crippen LogP) is 1.76. The molecule has 0 aromatic heterocycles. The van der Waals surface area contributed by atoms with Crippen LogP contribution < -0.4 is 15.9 Å². The average Bonchev–Trinajstić information content (AvgIpc) is 2.26. The van der Waals surface area contributed by atoms with Crippen LogP contribution in [0.2, 0.25) is 0 Å². The summed E-state index contributed by atoms with van der Waals surface area (Å²) in [6, 6.07) is 4.85. The zero-order chi connectivity index (χ0) is 10.7. The van der Waals surface area contributed by atoms with Crippen LogP contribution in [0.1, 0.15) is 25.3 Å². The van der Waals surface area contributed by atoms with Gasteiger partial charge in [-0.25, -0.2) is 0 Å². The van der Waals surface area contributed by atoms with Crippen molar-refractivity contribution in [1.29, 1.82) is 0 Å². The van der Waals surface area contributed by atoms with Crippen LogP contribution in [0, 0.1) is 0 Å². The van der Waals surface area contributed by atoms with Crippen molar-refractivity contribution >= 4 is 5.69 Å². The molecule has 1 aromatic rings. The van der Waals surface area contributed by atoms with Gasteiger partial charge in [-0.05, 0) is 29.7 Å². The lowest BCUT2D eigenvalue weighted by atomic mass is 10.0. The van der Waals surface area contributed by atoms with Crippen molar-refractivity contribution in [1.82, 2.24) is 0 Å². The third kappa shape index (κ3) is 2.05. The summed E-state index contributed by atoms with van der Waals surface area (Å²) in [5.74, 6) is 0.559. The number of nitrogen functional groups attached to an aromatic ring is 1. The Labute approximate surface area is 83.5 Å². The van der Waals surface area contributed by atoms with Gasteiger partial charge < -0.3 is 10.5 Å². The SMILES string of the molecule is COc1ccc(N)c(C(C)C)cc1=O. The van der Waals surface area contributed by atoms with Gasteiger partial charge in [-0.1, -0.05) is 13.8 Å². The highest BCUT2D eigenvalue weighted by Crippen LogP contribution is 2.20. The Balaban J connectivity index is 3.44. The normalized spacial score (nSPS) is 10.3. The molecule has 0 unspecified atom stereocenters. The van der Waals surface area contributed by atoms with Crippen molar-refractivity contribution in [3.63, 3.8) is 0 Å². The molecule has 0 atom stereocenters. The summed E-state index contributed by atoms with van der Waals surface area (Å²) >= 11 is 0. The van der Waals surface area contributed by atoms with Gasteiger partial charge in [0.05, 0.1) is 7.11 Å². The quantitative estimate of drug-likeness (QED) is 0.778. The first-order valence-electron chi connectivity index (χ1n) is 4.54. The van der Waals surface area contributed by atoms with E-state index in [0.29, 0.717) is 11.4 Å². The van der Waals surface area contributed by atoms with Gasteiger partial charge in [-0.3, -0.25) is 4.79 Å². The van der Waals surface area contributed by atoms with Crippen molar-refractivity contribution in [2.45, 2.75) is 19.8 Å². The molecule has 0 aliphatic carbocycles. The van der Waals surface area contributed by atoms with Gasteiger partial charge in [0.2, 0.25) is 5.43 Å². The second-order valence-corrected chi connectivity index (χ2v) is 3.48. The Morgan fingerprint density at radius 1 is 1.36 bits per heavy atom. The minimum atomic E-state index is -0.132. The molecule has 0 aliphatic rings. The molecule has 0 amide bonds. The lowest BCUT2D eigenvalue weighted by Gasteiger charge is -2.04. The number of anilines is 1. The minimum Gasteiger partial charge on any atom is -0.493 e. The third-order valence-electron chi connectivity index (χ3n) is 2.12. The topological polar surface area (TPSA) is 52.3 Å². The zero-order valence-corrected chi connectivity index (χ0v) is 8.70. The Hall–Kier alpha value is -1.51. The third-order valence-corrected chi connectivity index (χ3v) is 2.12. The van der Waals surface area contributed by atoms with Crippen LogP contribution >= 0.6 is 0 Å². The maximum atomic E-state index is 11.5. The van der Waals surface area contributed by atoms with Crippen LogP contribution in [0.5, 0.6) is 5.75 Å². The molecular formula is C11H15NO2. The molecular weight excluding hydrogens is 178 g/mol. The molecule has 0 spiro atoms. The number of hydrogen-bond donors (Lipinski definition) is 1. The van der Waals surface area contributed by atoms with E-state index < -0.39 is 0 Å². The summed E-state index contributed by atoms with van der Waals surface area (Å²) in [7, 11) is 1.47. The van der Waals surface area contributed by atoms with Crippen LogP contribution in [-0.2, 0) is 0 Å². The summed E-state index contributed by atoms with van der Waals surface area (Å²) in [6.45, 7) is 4.00. The molecule has 76 valence electrons. The lowest BCUT2D eigenvalue weighted by Crippen LogP contribution is -2.02. The molecule has 0 saturated carbocycles. The molecule has 0 saturated heterocycles. The first-order chi connectivity index (χ1) is 6.56. The van der Waals surface area contributed by atoms with Gasteiger partial charge in [0.1, 0.15) is 0 Å². The van der Waals surface area contributed by atoms with Crippen molar-refractivity contribution < 1.29 is 4.74 Å². The molecule has 1 rings (SSSR count). The van der Waals surface area contributed by atoms with E-state index in [9.17, 15) is 4.79 Å². The maximum absolute atomic E-state index is 11.5. The molecule has 0 heterocycles. The van der Waals surface area contributed by atoms with E-state index >= 15 is 0 Å². The van der Waals surface area contributed by atoms with Crippen molar-refractivity contribution in [2.75, 3.05) is 12.8 Å². The lowest BCUT2D eigenvalue weighted by molar-refractivity contribution is 0.411. The number of nitrogens with two attached hydrogens (primary N) is 1. The molecule has 0 radical (unpaired) electrons. The van der Waals surface area contributed by atoms with Crippen LogP contribution in [0.4, 0.5) is 5.69 Å². The number of ether oxygens (including phenoxy) is 1. The fraction of sp³-hybridized carbons (Fsp3) is 0.364. The molecule has 0 aliphatic heterocycles. The van der Waals surface area contributed by atoms with Crippen molar-refractivity contribution in [3.05, 3.63) is 34.0 Å². The van der Waals surface area contributed by atoms with Gasteiger partial charge in [-0.15, -0.1) is 0 Å². The standard InChI is InChI=1S/C11H15NO2/c1-7(2)8-6-10(13)11(14-3)5-4-9(8)12/h4-7H,12H2,1-3H3. The van der Waals surface area contributed by atoms with Crippen molar-refractivity contribution in [3.8, 4) is 5.75 Å². The van der Waals surface area contributed by atoms with Crippen LogP contribution in [0.15, 0.2) is 23.0 Å². The summed E-state index contributed by atoms with van der Waals surface area (Å²) < 4.78 is 4.93. The van der Waals surface area contributed by atoms with E-state index in [0.717, 1.165) is 5.56 Å². The van der Waals surface area contributed by atoms with Crippen LogP contribution in [-0.4, -0.2) is 7.11 Å². The van der Waals surface area contributed by atoms with E-state index in [1.54, 1.807) is 18.2 Å². The van der Waals surface area contributed by atoms with Gasteiger partial charge in [-0.2, -0.15) is 0 Å². The first kappa shape index (κ1) is 10.6. The smallest absolute Gasteiger partial charge is 0.220 e. The molecule has 3 nitrogen and oxygen atoms in total. The van der Waals surface area contributed by atoms with Gasteiger partial charge in [0.15, 0.2) is 5.75 Å². The molecule has 0 fully saturated rings.